The Balaban J connectivity index is 3.40. The predicted molar refractivity (Wildman–Crippen MR) is 53.6 cm³/mol. The molecule has 12 heavy (non-hydrogen) atoms. The van der Waals surface area contributed by atoms with E-state index in [0.29, 0.717) is 0 Å². The van der Waals surface area contributed by atoms with Crippen molar-refractivity contribution in [2.45, 2.75) is 40.0 Å². The minimum Gasteiger partial charge on any atom is -0.242 e. The standard InChI is InChI=1S/C9H23N3/c1-4-7-9-12(10-6-3)11-8-5-2/h10-11H,4-9H2,1-3H3. The molecule has 0 unspecified atom stereocenters. The van der Waals surface area contributed by atoms with Crippen molar-refractivity contribution in [3.63, 3.8) is 0 Å². The lowest BCUT2D eigenvalue weighted by Crippen LogP contribution is -2.48. The summed E-state index contributed by atoms with van der Waals surface area (Å²) in [5.74, 6) is 0. The number of hydrazine groups is 2. The number of nitrogens with one attached hydrogen (secondary N) is 2. The smallest absolute Gasteiger partial charge is 0.0288 e. The van der Waals surface area contributed by atoms with E-state index in [1.165, 1.54) is 19.3 Å². The van der Waals surface area contributed by atoms with Gasteiger partial charge in [-0.25, -0.2) is 10.9 Å². The molecule has 2 N–H and O–H groups in total. The Labute approximate surface area is 76.5 Å². The lowest BCUT2D eigenvalue weighted by molar-refractivity contribution is 0.115. The number of unbranched alkanes of at least 4 members (excludes halogenated alkanes) is 1. The molecule has 0 aromatic rings. The molecule has 0 aliphatic heterocycles. The molecule has 0 radical (unpaired) electrons. The number of rotatable bonds is 8. The molecular weight excluding hydrogens is 150 g/mol. The fourth-order valence-electron chi connectivity index (χ4n) is 0.968. The molecule has 0 rings (SSSR count). The van der Waals surface area contributed by atoms with Crippen molar-refractivity contribution in [1.29, 1.82) is 0 Å². The molecule has 0 saturated heterocycles. The predicted octanol–water partition coefficient (Wildman–Crippen LogP) is 1.53. The molecule has 0 spiro atoms. The summed E-state index contributed by atoms with van der Waals surface area (Å²) in [6.45, 7) is 9.63. The lowest BCUT2D eigenvalue weighted by atomic mass is 10.3. The largest absolute Gasteiger partial charge is 0.242 e. The highest BCUT2D eigenvalue weighted by atomic mass is 15.7. The molecule has 3 heteroatoms. The highest BCUT2D eigenvalue weighted by Crippen LogP contribution is 1.88. The fourth-order valence-corrected chi connectivity index (χ4v) is 0.968. The van der Waals surface area contributed by atoms with E-state index in [1.54, 1.807) is 0 Å². The van der Waals surface area contributed by atoms with Crippen LogP contribution in [0.2, 0.25) is 0 Å². The maximum Gasteiger partial charge on any atom is 0.0288 e. The van der Waals surface area contributed by atoms with Crippen LogP contribution in [0.3, 0.4) is 0 Å². The average Bonchev–Trinajstić information content (AvgIpc) is 2.10. The van der Waals surface area contributed by atoms with Crippen molar-refractivity contribution in [1.82, 2.24) is 16.0 Å². The van der Waals surface area contributed by atoms with Gasteiger partial charge in [-0.15, -0.1) is 0 Å². The van der Waals surface area contributed by atoms with Gasteiger partial charge in [-0.05, 0) is 12.8 Å². The third-order valence-corrected chi connectivity index (χ3v) is 1.64. The van der Waals surface area contributed by atoms with Crippen molar-refractivity contribution in [3.8, 4) is 0 Å². The molecule has 3 nitrogen and oxygen atoms in total. The van der Waals surface area contributed by atoms with E-state index in [2.05, 4.69) is 36.7 Å². The van der Waals surface area contributed by atoms with Gasteiger partial charge in [0.05, 0.1) is 0 Å². The fraction of sp³-hybridized carbons (Fsp3) is 1.00. The Morgan fingerprint density at radius 1 is 1.00 bits per heavy atom. The van der Waals surface area contributed by atoms with Crippen LogP contribution in [0.15, 0.2) is 0 Å². The van der Waals surface area contributed by atoms with Crippen molar-refractivity contribution >= 4 is 0 Å². The third-order valence-electron chi connectivity index (χ3n) is 1.64. The summed E-state index contributed by atoms with van der Waals surface area (Å²) in [7, 11) is 0. The summed E-state index contributed by atoms with van der Waals surface area (Å²) in [6.07, 6.45) is 3.66. The molecule has 0 bridgehead atoms. The Morgan fingerprint density at radius 2 is 1.75 bits per heavy atom. The van der Waals surface area contributed by atoms with Gasteiger partial charge in [0.25, 0.3) is 0 Å². The first kappa shape index (κ1) is 11.9. The Hall–Kier alpha value is -0.120. The molecule has 0 aromatic heterocycles. The van der Waals surface area contributed by atoms with Gasteiger partial charge in [0.15, 0.2) is 0 Å². The summed E-state index contributed by atoms with van der Waals surface area (Å²) < 4.78 is 0. The van der Waals surface area contributed by atoms with Crippen LogP contribution in [0.4, 0.5) is 0 Å². The first-order valence-electron chi connectivity index (χ1n) is 5.09. The van der Waals surface area contributed by atoms with Crippen LogP contribution in [-0.4, -0.2) is 24.8 Å². The van der Waals surface area contributed by atoms with Gasteiger partial charge in [-0.3, -0.25) is 0 Å². The highest BCUT2D eigenvalue weighted by Gasteiger charge is 1.98. The van der Waals surface area contributed by atoms with Crippen molar-refractivity contribution < 1.29 is 0 Å². The molecule has 0 heterocycles. The minimum atomic E-state index is 0.987. The van der Waals surface area contributed by atoms with Crippen LogP contribution in [0.5, 0.6) is 0 Å². The van der Waals surface area contributed by atoms with Crippen LogP contribution >= 0.6 is 0 Å². The molecule has 0 fully saturated rings. The molecular formula is C9H23N3. The van der Waals surface area contributed by atoms with Crippen LogP contribution in [0, 0.1) is 0 Å². The summed E-state index contributed by atoms with van der Waals surface area (Å²) >= 11 is 0. The highest BCUT2D eigenvalue weighted by molar-refractivity contribution is 4.46. The van der Waals surface area contributed by atoms with Crippen molar-refractivity contribution in [2.75, 3.05) is 19.6 Å². The van der Waals surface area contributed by atoms with E-state index < -0.39 is 0 Å². The van der Waals surface area contributed by atoms with Gasteiger partial charge >= 0.3 is 0 Å². The van der Waals surface area contributed by atoms with E-state index in [4.69, 9.17) is 0 Å². The number of hydrogen-bond acceptors (Lipinski definition) is 3. The zero-order chi connectivity index (χ0) is 9.23. The Morgan fingerprint density at radius 3 is 2.25 bits per heavy atom. The van der Waals surface area contributed by atoms with Gasteiger partial charge in [0, 0.05) is 19.6 Å². The summed E-state index contributed by atoms with van der Waals surface area (Å²) in [5.41, 5.74) is 6.60. The van der Waals surface area contributed by atoms with Gasteiger partial charge in [-0.2, -0.15) is 5.12 Å². The molecule has 0 amide bonds. The van der Waals surface area contributed by atoms with Crippen LogP contribution in [0.1, 0.15) is 40.0 Å². The zero-order valence-electron chi connectivity index (χ0n) is 8.69. The summed E-state index contributed by atoms with van der Waals surface area (Å²) in [4.78, 5) is 0. The zero-order valence-corrected chi connectivity index (χ0v) is 8.69. The van der Waals surface area contributed by atoms with Gasteiger partial charge in [0.2, 0.25) is 0 Å². The summed E-state index contributed by atoms with van der Waals surface area (Å²) in [6, 6.07) is 0. The molecule has 0 atom stereocenters. The second-order valence-corrected chi connectivity index (χ2v) is 2.92. The van der Waals surface area contributed by atoms with E-state index in [-0.39, 0.29) is 0 Å². The molecule has 0 aliphatic rings. The van der Waals surface area contributed by atoms with Crippen LogP contribution in [-0.2, 0) is 0 Å². The first-order chi connectivity index (χ1) is 5.85. The number of hydrogen-bond donors (Lipinski definition) is 2. The maximum absolute atomic E-state index is 3.33. The molecule has 0 aromatic carbocycles. The lowest BCUT2D eigenvalue weighted by Gasteiger charge is -2.22. The van der Waals surface area contributed by atoms with Gasteiger partial charge in [0.1, 0.15) is 0 Å². The second kappa shape index (κ2) is 8.97. The molecule has 74 valence electrons. The monoisotopic (exact) mass is 173 g/mol. The second-order valence-electron chi connectivity index (χ2n) is 2.92. The third kappa shape index (κ3) is 6.58. The minimum absolute atomic E-state index is 0.987. The van der Waals surface area contributed by atoms with Crippen LogP contribution in [0.25, 0.3) is 0 Å². The van der Waals surface area contributed by atoms with Crippen LogP contribution < -0.4 is 10.9 Å². The van der Waals surface area contributed by atoms with E-state index >= 15 is 0 Å². The van der Waals surface area contributed by atoms with E-state index in [1.807, 2.05) is 0 Å². The van der Waals surface area contributed by atoms with E-state index in [9.17, 15) is 0 Å². The average molecular weight is 173 g/mol. The topological polar surface area (TPSA) is 27.3 Å². The quantitative estimate of drug-likeness (QED) is 0.545. The van der Waals surface area contributed by atoms with E-state index in [0.717, 1.165) is 19.6 Å². The van der Waals surface area contributed by atoms with Crippen molar-refractivity contribution in [3.05, 3.63) is 0 Å². The molecule has 0 saturated carbocycles. The maximum atomic E-state index is 3.33. The first-order valence-corrected chi connectivity index (χ1v) is 5.09. The molecule has 0 aliphatic carbocycles. The normalized spacial score (nSPS) is 11.0. The SMILES string of the molecule is CCCCN(NCC)NCCC. The van der Waals surface area contributed by atoms with Gasteiger partial charge in [-0.1, -0.05) is 27.2 Å². The Bertz CT molecular complexity index is 77.8. The number of nitrogens with zero attached hydrogens (tertiary/aromatic N) is 1. The summed E-state index contributed by atoms with van der Waals surface area (Å²) in [5, 5.41) is 2.10. The Kier molecular flexibility index (Phi) is 8.88. The van der Waals surface area contributed by atoms with Crippen molar-refractivity contribution in [2.24, 2.45) is 0 Å². The van der Waals surface area contributed by atoms with Gasteiger partial charge < -0.3 is 0 Å².